The highest BCUT2D eigenvalue weighted by Gasteiger charge is 2.48. The van der Waals surface area contributed by atoms with Crippen molar-refractivity contribution >= 4 is 22.7 Å². The quantitative estimate of drug-likeness (QED) is 0.661. The first-order valence-corrected chi connectivity index (χ1v) is 11.3. The van der Waals surface area contributed by atoms with Crippen LogP contribution in [0.25, 0.3) is 10.9 Å². The first-order valence-electron chi connectivity index (χ1n) is 11.3. The fourth-order valence-electron chi connectivity index (χ4n) is 5.17. The molecule has 1 saturated carbocycles. The van der Waals surface area contributed by atoms with E-state index in [-0.39, 0.29) is 17.9 Å². The molecule has 1 N–H and O–H groups in total. The number of fused-ring (bicyclic) bond motifs is 3. The van der Waals surface area contributed by atoms with Crippen molar-refractivity contribution in [2.24, 2.45) is 0 Å². The second-order valence-electron chi connectivity index (χ2n) is 9.11. The fourth-order valence-corrected chi connectivity index (χ4v) is 5.17. The van der Waals surface area contributed by atoms with E-state index < -0.39 is 5.54 Å². The van der Waals surface area contributed by atoms with Crippen LogP contribution < -0.4 is 10.1 Å². The van der Waals surface area contributed by atoms with E-state index in [4.69, 9.17) is 4.74 Å². The molecule has 1 fully saturated rings. The van der Waals surface area contributed by atoms with Crippen molar-refractivity contribution in [3.05, 3.63) is 65.9 Å². The van der Waals surface area contributed by atoms with Crippen molar-refractivity contribution in [3.63, 3.8) is 0 Å². The normalized spacial score (nSPS) is 21.1. The van der Waals surface area contributed by atoms with Gasteiger partial charge in [-0.25, -0.2) is 0 Å². The minimum Gasteiger partial charge on any atom is -0.496 e. The van der Waals surface area contributed by atoms with Gasteiger partial charge in [0.2, 0.25) is 5.91 Å². The molecule has 2 amide bonds. The van der Waals surface area contributed by atoms with E-state index in [1.54, 1.807) is 12.0 Å². The second-order valence-corrected chi connectivity index (χ2v) is 9.11. The fraction of sp³-hybridized carbons (Fsp3) is 0.385. The molecule has 6 heteroatoms. The minimum atomic E-state index is -1.02. The van der Waals surface area contributed by atoms with Crippen molar-refractivity contribution in [3.8, 4) is 5.75 Å². The number of benzene rings is 2. The van der Waals surface area contributed by atoms with Gasteiger partial charge < -0.3 is 19.5 Å². The zero-order valence-corrected chi connectivity index (χ0v) is 18.6. The highest BCUT2D eigenvalue weighted by molar-refractivity contribution is 6.03. The summed E-state index contributed by atoms with van der Waals surface area (Å²) in [6, 6.07) is 17.7. The van der Waals surface area contributed by atoms with E-state index in [1.807, 2.05) is 66.1 Å². The number of ether oxygens (including phenoxy) is 1. The van der Waals surface area contributed by atoms with Crippen LogP contribution in [0.2, 0.25) is 0 Å². The van der Waals surface area contributed by atoms with Crippen LogP contribution in [0.5, 0.6) is 5.75 Å². The predicted octanol–water partition coefficient (Wildman–Crippen LogP) is 4.12. The Balaban J connectivity index is 1.58. The van der Waals surface area contributed by atoms with Crippen LogP contribution in [0.3, 0.4) is 0 Å². The molecule has 5 rings (SSSR count). The van der Waals surface area contributed by atoms with Crippen LogP contribution in [-0.2, 0) is 17.9 Å². The number of rotatable bonds is 5. The molecule has 6 nitrogen and oxygen atoms in total. The Morgan fingerprint density at radius 1 is 1.12 bits per heavy atom. The Kier molecular flexibility index (Phi) is 5.16. The van der Waals surface area contributed by atoms with Gasteiger partial charge in [-0.3, -0.25) is 9.59 Å². The van der Waals surface area contributed by atoms with Crippen LogP contribution in [-0.4, -0.2) is 40.0 Å². The Bertz CT molecular complexity index is 1180. The number of nitrogens with zero attached hydrogens (tertiary/aromatic N) is 2. The number of carbonyl (C=O) groups excluding carboxylic acids is 2. The summed E-state index contributed by atoms with van der Waals surface area (Å²) < 4.78 is 7.54. The van der Waals surface area contributed by atoms with Crippen molar-refractivity contribution in [2.75, 3.05) is 7.11 Å². The molecule has 0 spiro atoms. The molecule has 2 aliphatic rings. The molecule has 3 aromatic rings. The number of hydrogen-bond donors (Lipinski definition) is 1. The first kappa shape index (κ1) is 20.6. The Morgan fingerprint density at radius 2 is 1.84 bits per heavy atom. The van der Waals surface area contributed by atoms with Crippen molar-refractivity contribution in [1.82, 2.24) is 14.8 Å². The molecule has 1 atom stereocenters. The topological polar surface area (TPSA) is 63.6 Å². The third-order valence-electron chi connectivity index (χ3n) is 7.04. The smallest absolute Gasteiger partial charge is 0.271 e. The second kappa shape index (κ2) is 8.01. The van der Waals surface area contributed by atoms with Gasteiger partial charge in [0.25, 0.3) is 5.91 Å². The van der Waals surface area contributed by atoms with Crippen LogP contribution in [0.15, 0.2) is 54.6 Å². The summed E-state index contributed by atoms with van der Waals surface area (Å²) in [6.45, 7) is 2.61. The third-order valence-corrected chi connectivity index (χ3v) is 7.04. The molecule has 2 heterocycles. The van der Waals surface area contributed by atoms with E-state index in [2.05, 4.69) is 5.32 Å². The van der Waals surface area contributed by atoms with Gasteiger partial charge in [0.1, 0.15) is 17.0 Å². The van der Waals surface area contributed by atoms with Gasteiger partial charge in [-0.15, -0.1) is 0 Å². The van der Waals surface area contributed by atoms with Crippen molar-refractivity contribution < 1.29 is 14.3 Å². The zero-order chi connectivity index (χ0) is 22.3. The molecule has 2 aromatic carbocycles. The van der Waals surface area contributed by atoms with Crippen molar-refractivity contribution in [1.29, 1.82) is 0 Å². The highest BCUT2D eigenvalue weighted by Crippen LogP contribution is 2.35. The van der Waals surface area contributed by atoms with E-state index in [1.165, 1.54) is 0 Å². The summed E-state index contributed by atoms with van der Waals surface area (Å²) in [5, 5.41) is 4.26. The summed E-state index contributed by atoms with van der Waals surface area (Å²) in [5.41, 5.74) is 1.46. The molecular weight excluding hydrogens is 402 g/mol. The minimum absolute atomic E-state index is 0.0870. The van der Waals surface area contributed by atoms with E-state index in [9.17, 15) is 9.59 Å². The molecule has 0 bridgehead atoms. The summed E-state index contributed by atoms with van der Waals surface area (Å²) in [5.74, 6) is 0.489. The maximum Gasteiger partial charge on any atom is 0.271 e. The van der Waals surface area contributed by atoms with Crippen LogP contribution in [0.1, 0.15) is 48.7 Å². The molecule has 0 saturated heterocycles. The maximum absolute atomic E-state index is 13.8. The molecule has 166 valence electrons. The SMILES string of the molecule is COc1ccccc1CN1C(=O)c2cc3ccccc3n2CC1(C)C(=O)NC1CCCC1. The number of aromatic nitrogens is 1. The molecule has 1 aliphatic carbocycles. The predicted molar refractivity (Wildman–Crippen MR) is 124 cm³/mol. The number of nitrogens with one attached hydrogen (secondary N) is 1. The van der Waals surface area contributed by atoms with Crippen LogP contribution in [0, 0.1) is 0 Å². The van der Waals surface area contributed by atoms with Gasteiger partial charge in [-0.1, -0.05) is 49.2 Å². The van der Waals surface area contributed by atoms with Gasteiger partial charge in [0, 0.05) is 22.5 Å². The lowest BCUT2D eigenvalue weighted by Gasteiger charge is -2.44. The highest BCUT2D eigenvalue weighted by atomic mass is 16.5. The first-order chi connectivity index (χ1) is 15.5. The number of para-hydroxylation sites is 2. The summed E-state index contributed by atoms with van der Waals surface area (Å²) >= 11 is 0. The monoisotopic (exact) mass is 431 g/mol. The van der Waals surface area contributed by atoms with Gasteiger partial charge in [-0.05, 0) is 38.0 Å². The number of amides is 2. The largest absolute Gasteiger partial charge is 0.496 e. The van der Waals surface area contributed by atoms with Gasteiger partial charge in [0.15, 0.2) is 0 Å². The van der Waals surface area contributed by atoms with E-state index >= 15 is 0 Å². The van der Waals surface area contributed by atoms with E-state index in [0.717, 1.165) is 42.1 Å². The van der Waals surface area contributed by atoms with Crippen molar-refractivity contribution in [2.45, 2.75) is 57.3 Å². The molecular formula is C26H29N3O3. The Labute approximate surface area is 188 Å². The van der Waals surface area contributed by atoms with Crippen LogP contribution in [0.4, 0.5) is 0 Å². The average molecular weight is 432 g/mol. The Hall–Kier alpha value is -3.28. The van der Waals surface area contributed by atoms with E-state index in [0.29, 0.717) is 24.5 Å². The number of methoxy groups -OCH3 is 1. The maximum atomic E-state index is 13.8. The third kappa shape index (κ3) is 3.34. The lowest BCUT2D eigenvalue weighted by Crippen LogP contribution is -2.64. The average Bonchev–Trinajstić information content (AvgIpc) is 3.45. The lowest BCUT2D eigenvalue weighted by atomic mass is 9.93. The molecule has 1 aliphatic heterocycles. The standard InChI is InChI=1S/C26H29N3O3/c1-26(25(31)27-20-11-5-6-12-20)17-28-21-13-7-3-9-18(21)15-22(28)24(30)29(26)16-19-10-4-8-14-23(19)32-2/h3-4,7-10,13-15,20H,5-6,11-12,16-17H2,1-2H3,(H,27,31). The lowest BCUT2D eigenvalue weighted by molar-refractivity contribution is -0.133. The summed E-state index contributed by atoms with van der Waals surface area (Å²) in [6.07, 6.45) is 4.27. The Morgan fingerprint density at radius 3 is 2.62 bits per heavy atom. The van der Waals surface area contributed by atoms with Gasteiger partial charge >= 0.3 is 0 Å². The molecule has 1 aromatic heterocycles. The van der Waals surface area contributed by atoms with Gasteiger partial charge in [-0.2, -0.15) is 0 Å². The van der Waals surface area contributed by atoms with Gasteiger partial charge in [0.05, 0.1) is 20.2 Å². The molecule has 1 unspecified atom stereocenters. The summed E-state index contributed by atoms with van der Waals surface area (Å²) in [7, 11) is 1.63. The molecule has 32 heavy (non-hydrogen) atoms. The molecule has 0 radical (unpaired) electrons. The number of hydrogen-bond acceptors (Lipinski definition) is 3. The summed E-state index contributed by atoms with van der Waals surface area (Å²) in [4.78, 5) is 29.3. The number of carbonyl (C=O) groups is 2. The zero-order valence-electron chi connectivity index (χ0n) is 18.6. The van der Waals surface area contributed by atoms with Crippen LogP contribution >= 0.6 is 0 Å².